The predicted octanol–water partition coefficient (Wildman–Crippen LogP) is 4.80. The van der Waals surface area contributed by atoms with Crippen LogP contribution in [-0.4, -0.2) is 18.6 Å². The van der Waals surface area contributed by atoms with E-state index in [2.05, 4.69) is 17.4 Å². The van der Waals surface area contributed by atoms with Crippen molar-refractivity contribution in [2.75, 3.05) is 6.54 Å². The van der Waals surface area contributed by atoms with Crippen molar-refractivity contribution in [1.82, 2.24) is 5.32 Å². The van der Waals surface area contributed by atoms with Gasteiger partial charge in [0.25, 0.3) is 5.91 Å². The van der Waals surface area contributed by atoms with Gasteiger partial charge in [-0.25, -0.2) is 0 Å². The fraction of sp³-hybridized carbons (Fsp3) is 0.350. The van der Waals surface area contributed by atoms with Crippen LogP contribution in [0.15, 0.2) is 42.5 Å². The minimum Gasteiger partial charge on any atom is -0.491 e. The molecule has 2 aromatic rings. The third-order valence-electron chi connectivity index (χ3n) is 3.59. The highest BCUT2D eigenvalue weighted by atomic mass is 35.5. The molecule has 0 unspecified atom stereocenters. The second-order valence-corrected chi connectivity index (χ2v) is 6.56. The van der Waals surface area contributed by atoms with Crippen LogP contribution >= 0.6 is 11.6 Å². The summed E-state index contributed by atoms with van der Waals surface area (Å²) in [6, 6.07) is 13.6. The van der Waals surface area contributed by atoms with Gasteiger partial charge in [0.2, 0.25) is 0 Å². The van der Waals surface area contributed by atoms with E-state index in [0.29, 0.717) is 17.1 Å². The second-order valence-electron chi connectivity index (χ2n) is 6.15. The summed E-state index contributed by atoms with van der Waals surface area (Å²) in [5, 5.41) is 3.41. The Morgan fingerprint density at radius 2 is 1.88 bits per heavy atom. The van der Waals surface area contributed by atoms with E-state index in [1.807, 2.05) is 39.0 Å². The molecule has 0 aliphatic carbocycles. The molecule has 1 amide bonds. The van der Waals surface area contributed by atoms with Crippen molar-refractivity contribution in [3.63, 3.8) is 0 Å². The molecule has 0 aliphatic heterocycles. The maximum atomic E-state index is 12.1. The quantitative estimate of drug-likeness (QED) is 0.732. The van der Waals surface area contributed by atoms with Gasteiger partial charge in [-0.3, -0.25) is 4.79 Å². The molecule has 0 spiro atoms. The number of carbonyl (C=O) groups is 1. The molecule has 0 aliphatic rings. The summed E-state index contributed by atoms with van der Waals surface area (Å²) in [6.45, 7) is 6.59. The van der Waals surface area contributed by atoms with E-state index in [1.165, 1.54) is 5.56 Å². The van der Waals surface area contributed by atoms with Gasteiger partial charge in [-0.05, 0) is 69.0 Å². The average molecular weight is 346 g/mol. The van der Waals surface area contributed by atoms with Gasteiger partial charge in [-0.2, -0.15) is 0 Å². The monoisotopic (exact) mass is 345 g/mol. The van der Waals surface area contributed by atoms with Gasteiger partial charge in [-0.15, -0.1) is 0 Å². The molecule has 3 nitrogen and oxygen atoms in total. The number of carbonyl (C=O) groups excluding carboxylic acids is 1. The lowest BCUT2D eigenvalue weighted by molar-refractivity contribution is 0.0953. The maximum absolute atomic E-state index is 12.1. The van der Waals surface area contributed by atoms with Crippen LogP contribution < -0.4 is 10.1 Å². The molecular weight excluding hydrogens is 322 g/mol. The number of halogens is 1. The molecule has 0 saturated carbocycles. The van der Waals surface area contributed by atoms with Crippen LogP contribution in [0.3, 0.4) is 0 Å². The van der Waals surface area contributed by atoms with Gasteiger partial charge in [0.1, 0.15) is 5.75 Å². The van der Waals surface area contributed by atoms with E-state index in [0.717, 1.165) is 24.2 Å². The minimum absolute atomic E-state index is 0.124. The highest BCUT2D eigenvalue weighted by Gasteiger charge is 2.09. The molecule has 0 saturated heterocycles. The molecule has 1 N–H and O–H groups in total. The van der Waals surface area contributed by atoms with Crippen LogP contribution in [0.1, 0.15) is 41.8 Å². The molecule has 0 bridgehead atoms. The van der Waals surface area contributed by atoms with Crippen molar-refractivity contribution in [1.29, 1.82) is 0 Å². The van der Waals surface area contributed by atoms with Crippen LogP contribution in [0.4, 0.5) is 0 Å². The Labute approximate surface area is 149 Å². The zero-order valence-corrected chi connectivity index (χ0v) is 15.2. The summed E-state index contributed by atoms with van der Waals surface area (Å²) >= 11 is 6.11. The number of amides is 1. The fourth-order valence-corrected chi connectivity index (χ4v) is 2.72. The molecule has 2 aromatic carbocycles. The predicted molar refractivity (Wildman–Crippen MR) is 99.0 cm³/mol. The Balaban J connectivity index is 1.77. The van der Waals surface area contributed by atoms with E-state index in [1.54, 1.807) is 12.1 Å². The summed E-state index contributed by atoms with van der Waals surface area (Å²) in [5.41, 5.74) is 2.80. The average Bonchev–Trinajstić information content (AvgIpc) is 2.52. The minimum atomic E-state index is -0.124. The van der Waals surface area contributed by atoms with Gasteiger partial charge in [-0.1, -0.05) is 29.8 Å². The SMILES string of the molecule is Cc1ccc(C(=O)NCCCc2ccc(OC(C)C)cc2)c(Cl)c1. The first-order chi connectivity index (χ1) is 11.5. The van der Waals surface area contributed by atoms with Gasteiger partial charge in [0.15, 0.2) is 0 Å². The van der Waals surface area contributed by atoms with E-state index >= 15 is 0 Å². The van der Waals surface area contributed by atoms with Gasteiger partial charge >= 0.3 is 0 Å². The Morgan fingerprint density at radius 3 is 2.50 bits per heavy atom. The third-order valence-corrected chi connectivity index (χ3v) is 3.90. The number of benzene rings is 2. The largest absolute Gasteiger partial charge is 0.491 e. The molecule has 4 heteroatoms. The molecule has 0 heterocycles. The number of aryl methyl sites for hydroxylation is 2. The smallest absolute Gasteiger partial charge is 0.252 e. The highest BCUT2D eigenvalue weighted by molar-refractivity contribution is 6.33. The molecule has 0 fully saturated rings. The van der Waals surface area contributed by atoms with E-state index in [4.69, 9.17) is 16.3 Å². The van der Waals surface area contributed by atoms with Crippen molar-refractivity contribution >= 4 is 17.5 Å². The number of hydrogen-bond acceptors (Lipinski definition) is 2. The first-order valence-corrected chi connectivity index (χ1v) is 8.63. The lowest BCUT2D eigenvalue weighted by atomic mass is 10.1. The molecule has 128 valence electrons. The van der Waals surface area contributed by atoms with Crippen LogP contribution in [0.2, 0.25) is 5.02 Å². The molecular formula is C20H24ClNO2. The number of ether oxygens (including phenoxy) is 1. The molecule has 0 aromatic heterocycles. The van der Waals surface area contributed by atoms with Crippen LogP contribution in [-0.2, 0) is 6.42 Å². The van der Waals surface area contributed by atoms with Crippen molar-refractivity contribution in [3.05, 3.63) is 64.2 Å². The lowest BCUT2D eigenvalue weighted by Gasteiger charge is -2.10. The highest BCUT2D eigenvalue weighted by Crippen LogP contribution is 2.17. The standard InChI is InChI=1S/C20H24ClNO2/c1-14(2)24-17-9-7-16(8-10-17)5-4-12-22-20(23)18-11-6-15(3)13-19(18)21/h6-11,13-14H,4-5,12H2,1-3H3,(H,22,23). The van der Waals surface area contributed by atoms with Crippen molar-refractivity contribution in [3.8, 4) is 5.75 Å². The van der Waals surface area contributed by atoms with Crippen molar-refractivity contribution < 1.29 is 9.53 Å². The third kappa shape index (κ3) is 5.57. The first kappa shape index (κ1) is 18.3. The first-order valence-electron chi connectivity index (χ1n) is 8.25. The topological polar surface area (TPSA) is 38.3 Å². The lowest BCUT2D eigenvalue weighted by Crippen LogP contribution is -2.25. The van der Waals surface area contributed by atoms with Crippen LogP contribution in [0.5, 0.6) is 5.75 Å². The maximum Gasteiger partial charge on any atom is 0.252 e. The van der Waals surface area contributed by atoms with Crippen molar-refractivity contribution in [2.24, 2.45) is 0 Å². The molecule has 2 rings (SSSR count). The number of hydrogen-bond donors (Lipinski definition) is 1. The summed E-state index contributed by atoms with van der Waals surface area (Å²) < 4.78 is 5.63. The molecule has 0 radical (unpaired) electrons. The summed E-state index contributed by atoms with van der Waals surface area (Å²) in [5.74, 6) is 0.761. The zero-order valence-electron chi connectivity index (χ0n) is 14.4. The van der Waals surface area contributed by atoms with E-state index < -0.39 is 0 Å². The normalized spacial score (nSPS) is 10.7. The Kier molecular flexibility index (Phi) is 6.68. The van der Waals surface area contributed by atoms with Crippen molar-refractivity contribution in [2.45, 2.75) is 39.7 Å². The Hall–Kier alpha value is -2.00. The van der Waals surface area contributed by atoms with Crippen LogP contribution in [0.25, 0.3) is 0 Å². The summed E-state index contributed by atoms with van der Waals surface area (Å²) in [7, 11) is 0. The number of rotatable bonds is 7. The van der Waals surface area contributed by atoms with E-state index in [-0.39, 0.29) is 12.0 Å². The van der Waals surface area contributed by atoms with Crippen LogP contribution in [0, 0.1) is 6.92 Å². The summed E-state index contributed by atoms with van der Waals surface area (Å²) in [6.07, 6.45) is 1.96. The zero-order chi connectivity index (χ0) is 17.5. The molecule has 24 heavy (non-hydrogen) atoms. The number of nitrogens with one attached hydrogen (secondary N) is 1. The Morgan fingerprint density at radius 1 is 1.17 bits per heavy atom. The second kappa shape index (κ2) is 8.74. The summed E-state index contributed by atoms with van der Waals surface area (Å²) in [4.78, 5) is 12.1. The van der Waals surface area contributed by atoms with Gasteiger partial charge < -0.3 is 10.1 Å². The van der Waals surface area contributed by atoms with Gasteiger partial charge in [0.05, 0.1) is 16.7 Å². The van der Waals surface area contributed by atoms with E-state index in [9.17, 15) is 4.79 Å². The fourth-order valence-electron chi connectivity index (χ4n) is 2.40. The van der Waals surface area contributed by atoms with Gasteiger partial charge in [0, 0.05) is 6.54 Å². The molecule has 0 atom stereocenters. The Bertz CT molecular complexity index is 681.